The number of carbonyl (C=O) groups is 1. The first-order valence-electron chi connectivity index (χ1n) is 21.8. The first kappa shape index (κ1) is 51.0. The van der Waals surface area contributed by atoms with Gasteiger partial charge in [0.25, 0.3) is 0 Å². The van der Waals surface area contributed by atoms with Gasteiger partial charge in [0.05, 0.1) is 19.8 Å². The summed E-state index contributed by atoms with van der Waals surface area (Å²) < 4.78 is 33.4. The molecule has 0 aromatic heterocycles. The van der Waals surface area contributed by atoms with Gasteiger partial charge in [-0.1, -0.05) is 160 Å². The first-order valence-corrected chi connectivity index (χ1v) is 23.3. The molecule has 0 aromatic rings. The summed E-state index contributed by atoms with van der Waals surface area (Å²) in [6.07, 6.45) is 44.8. The smallest absolute Gasteiger partial charge is 0.457 e. The Balaban J connectivity index is 4.01. The summed E-state index contributed by atoms with van der Waals surface area (Å²) >= 11 is 0. The Labute approximate surface area is 321 Å². The van der Waals surface area contributed by atoms with Crippen LogP contribution in [-0.2, 0) is 27.9 Å². The lowest BCUT2D eigenvalue weighted by molar-refractivity contribution is -0.154. The number of unbranched alkanes of at least 4 members (excludes halogenated alkanes) is 25. The van der Waals surface area contributed by atoms with Crippen molar-refractivity contribution in [1.82, 2.24) is 0 Å². The third-order valence-corrected chi connectivity index (χ3v) is 10.3. The molecule has 0 fully saturated rings. The van der Waals surface area contributed by atoms with E-state index in [1.807, 2.05) is 0 Å². The van der Waals surface area contributed by atoms with E-state index in [0.717, 1.165) is 44.9 Å². The van der Waals surface area contributed by atoms with Crippen LogP contribution in [0.5, 0.6) is 0 Å². The second kappa shape index (κ2) is 41.1. The predicted molar refractivity (Wildman–Crippen MR) is 220 cm³/mol. The van der Waals surface area contributed by atoms with Crippen LogP contribution >= 0.6 is 7.82 Å². The van der Waals surface area contributed by atoms with Crippen molar-refractivity contribution in [2.24, 2.45) is 5.73 Å². The van der Waals surface area contributed by atoms with E-state index in [4.69, 9.17) is 24.3 Å². The summed E-state index contributed by atoms with van der Waals surface area (Å²) in [4.78, 5) is 22.4. The second-order valence-corrected chi connectivity index (χ2v) is 16.0. The molecule has 0 radical (unpaired) electrons. The van der Waals surface area contributed by atoms with Crippen LogP contribution in [0.3, 0.4) is 0 Å². The van der Waals surface area contributed by atoms with Crippen LogP contribution in [0.15, 0.2) is 24.3 Å². The zero-order valence-electron chi connectivity index (χ0n) is 34.1. The lowest BCUT2D eigenvalue weighted by Crippen LogP contribution is -2.28. The topological polar surface area (TPSA) is 117 Å². The van der Waals surface area contributed by atoms with Crippen molar-refractivity contribution in [1.29, 1.82) is 0 Å². The zero-order valence-corrected chi connectivity index (χ0v) is 35.0. The van der Waals surface area contributed by atoms with Gasteiger partial charge in [-0.2, -0.15) is 0 Å². The standard InChI is InChI=1S/C43H84NO7P/c1-3-5-7-9-11-13-15-17-19-20-21-22-23-25-27-29-31-33-35-38-48-40-42(41-50-52(46,47)49-39-37-44)51-43(45)36-34-32-30-28-26-24-18-16-14-12-10-8-6-4-2/h16,18-20,42H,3-15,17,21-41,44H2,1-2H3,(H,46,47)/b18-16-,20-19-. The summed E-state index contributed by atoms with van der Waals surface area (Å²) in [6.45, 7) is 4.91. The number of nitrogens with two attached hydrogens (primary N) is 1. The molecule has 0 saturated heterocycles. The molecular formula is C43H84NO7P. The summed E-state index contributed by atoms with van der Waals surface area (Å²) in [7, 11) is -4.28. The van der Waals surface area contributed by atoms with Crippen LogP contribution in [0.25, 0.3) is 0 Å². The molecule has 0 aromatic carbocycles. The highest BCUT2D eigenvalue weighted by atomic mass is 31.2. The third-order valence-electron chi connectivity index (χ3n) is 9.34. The predicted octanol–water partition coefficient (Wildman–Crippen LogP) is 12.9. The van der Waals surface area contributed by atoms with Crippen molar-refractivity contribution in [3.8, 4) is 0 Å². The van der Waals surface area contributed by atoms with Crippen LogP contribution < -0.4 is 5.73 Å². The van der Waals surface area contributed by atoms with E-state index in [1.165, 1.54) is 141 Å². The summed E-state index contributed by atoms with van der Waals surface area (Å²) in [5.74, 6) is -0.339. The molecule has 2 unspecified atom stereocenters. The monoisotopic (exact) mass is 758 g/mol. The molecule has 0 aliphatic rings. The molecule has 0 aliphatic heterocycles. The fourth-order valence-electron chi connectivity index (χ4n) is 6.10. The van der Waals surface area contributed by atoms with E-state index >= 15 is 0 Å². The molecule has 8 nitrogen and oxygen atoms in total. The molecule has 52 heavy (non-hydrogen) atoms. The van der Waals surface area contributed by atoms with Gasteiger partial charge in [0.15, 0.2) is 0 Å². The fraction of sp³-hybridized carbons (Fsp3) is 0.884. The Kier molecular flexibility index (Phi) is 40.3. The third kappa shape index (κ3) is 40.2. The van der Waals surface area contributed by atoms with Gasteiger partial charge in [0, 0.05) is 19.6 Å². The molecule has 3 N–H and O–H groups in total. The average molecular weight is 758 g/mol. The lowest BCUT2D eigenvalue weighted by atomic mass is 10.1. The Hall–Kier alpha value is -1.02. The minimum absolute atomic E-state index is 0.0963. The van der Waals surface area contributed by atoms with Gasteiger partial charge in [-0.05, 0) is 64.2 Å². The van der Waals surface area contributed by atoms with E-state index < -0.39 is 13.9 Å². The first-order chi connectivity index (χ1) is 25.4. The molecule has 0 amide bonds. The number of ether oxygens (including phenoxy) is 2. The van der Waals surface area contributed by atoms with Crippen LogP contribution in [0, 0.1) is 0 Å². The minimum atomic E-state index is -4.28. The highest BCUT2D eigenvalue weighted by Gasteiger charge is 2.25. The molecule has 0 rings (SSSR count). The van der Waals surface area contributed by atoms with Crippen molar-refractivity contribution in [2.75, 3.05) is 33.0 Å². The molecule has 2 atom stereocenters. The van der Waals surface area contributed by atoms with Gasteiger partial charge in [0.1, 0.15) is 6.10 Å². The van der Waals surface area contributed by atoms with E-state index in [9.17, 15) is 14.3 Å². The quantitative estimate of drug-likeness (QED) is 0.0273. The lowest BCUT2D eigenvalue weighted by Gasteiger charge is -2.20. The average Bonchev–Trinajstić information content (AvgIpc) is 3.13. The van der Waals surface area contributed by atoms with Crippen molar-refractivity contribution in [3.05, 3.63) is 24.3 Å². The van der Waals surface area contributed by atoms with Gasteiger partial charge < -0.3 is 20.1 Å². The van der Waals surface area contributed by atoms with Crippen molar-refractivity contribution in [2.45, 2.75) is 213 Å². The van der Waals surface area contributed by atoms with E-state index in [1.54, 1.807) is 0 Å². The highest BCUT2D eigenvalue weighted by Crippen LogP contribution is 2.43. The van der Waals surface area contributed by atoms with E-state index in [-0.39, 0.29) is 32.3 Å². The largest absolute Gasteiger partial charge is 0.472 e. The zero-order chi connectivity index (χ0) is 38.1. The minimum Gasteiger partial charge on any atom is -0.457 e. The van der Waals surface area contributed by atoms with Gasteiger partial charge in [-0.25, -0.2) is 4.57 Å². The van der Waals surface area contributed by atoms with E-state index in [2.05, 4.69) is 38.2 Å². The second-order valence-electron chi connectivity index (χ2n) is 14.6. The number of carbonyl (C=O) groups excluding carboxylic acids is 1. The number of allylic oxidation sites excluding steroid dienone is 4. The van der Waals surface area contributed by atoms with Gasteiger partial charge in [0.2, 0.25) is 0 Å². The number of hydrogen-bond donors (Lipinski definition) is 2. The Bertz CT molecular complexity index is 853. The Morgan fingerprint density at radius 2 is 0.962 bits per heavy atom. The maximum atomic E-state index is 12.6. The Morgan fingerprint density at radius 3 is 1.40 bits per heavy atom. The number of phosphoric acid groups is 1. The van der Waals surface area contributed by atoms with Crippen molar-refractivity contribution < 1.29 is 32.8 Å². The van der Waals surface area contributed by atoms with Crippen molar-refractivity contribution in [3.63, 3.8) is 0 Å². The molecule has 0 bridgehead atoms. The van der Waals surface area contributed by atoms with Gasteiger partial charge in [-0.3, -0.25) is 13.8 Å². The molecule has 308 valence electrons. The Morgan fingerprint density at radius 1 is 0.558 bits per heavy atom. The molecule has 0 heterocycles. The SMILES string of the molecule is CCCCCCC/C=C\CCCCCCCC(=O)OC(COCCCCCCCCCC/C=C\CCCCCCCCC)COP(=O)(O)OCCN. The summed E-state index contributed by atoms with van der Waals surface area (Å²) in [5.41, 5.74) is 5.37. The molecule has 9 heteroatoms. The summed E-state index contributed by atoms with van der Waals surface area (Å²) in [5, 5.41) is 0. The number of phosphoric ester groups is 1. The van der Waals surface area contributed by atoms with Crippen LogP contribution in [0.4, 0.5) is 0 Å². The molecular weight excluding hydrogens is 673 g/mol. The van der Waals surface area contributed by atoms with Crippen LogP contribution in [0.1, 0.15) is 206 Å². The number of esters is 1. The maximum Gasteiger partial charge on any atom is 0.472 e. The molecule has 0 aliphatic carbocycles. The van der Waals surface area contributed by atoms with Crippen LogP contribution in [-0.4, -0.2) is 49.9 Å². The number of hydrogen-bond acceptors (Lipinski definition) is 7. The fourth-order valence-corrected chi connectivity index (χ4v) is 6.87. The molecule has 0 spiro atoms. The van der Waals surface area contributed by atoms with Crippen molar-refractivity contribution >= 4 is 13.8 Å². The maximum absolute atomic E-state index is 12.6. The number of rotatable bonds is 42. The molecule has 0 saturated carbocycles. The highest BCUT2D eigenvalue weighted by molar-refractivity contribution is 7.47. The summed E-state index contributed by atoms with van der Waals surface area (Å²) in [6, 6.07) is 0. The normalized spacial score (nSPS) is 13.7. The van der Waals surface area contributed by atoms with Crippen LogP contribution in [0.2, 0.25) is 0 Å². The van der Waals surface area contributed by atoms with Gasteiger partial charge >= 0.3 is 13.8 Å². The van der Waals surface area contributed by atoms with E-state index in [0.29, 0.717) is 13.0 Å². The van der Waals surface area contributed by atoms with Gasteiger partial charge in [-0.15, -0.1) is 0 Å².